The SMILES string of the molecule is N#Cc1cc(-c2ccc(-c3cccc(-c4cccc(-c5cccc6c5oc5ccccc56)c4)c3)cc2)cc(-c2cccc3c2oc2ccccc23)c1. The number of furan rings is 2. The van der Waals surface area contributed by atoms with Crippen LogP contribution in [0.1, 0.15) is 5.56 Å². The Kier molecular flexibility index (Phi) is 6.87. The van der Waals surface area contributed by atoms with E-state index >= 15 is 0 Å². The zero-order chi connectivity index (χ0) is 34.6. The first-order valence-electron chi connectivity index (χ1n) is 17.4. The zero-order valence-corrected chi connectivity index (χ0v) is 28.0. The predicted octanol–water partition coefficient (Wildman–Crippen LogP) is 13.7. The Labute approximate surface area is 300 Å². The number of para-hydroxylation sites is 4. The zero-order valence-electron chi connectivity index (χ0n) is 28.0. The molecule has 10 rings (SSSR count). The van der Waals surface area contributed by atoms with Crippen molar-refractivity contribution in [3.05, 3.63) is 181 Å². The molecule has 0 aliphatic rings. The van der Waals surface area contributed by atoms with Gasteiger partial charge in [-0.3, -0.25) is 0 Å². The minimum Gasteiger partial charge on any atom is -0.455 e. The van der Waals surface area contributed by atoms with E-state index in [0.29, 0.717) is 5.56 Å². The summed E-state index contributed by atoms with van der Waals surface area (Å²) in [4.78, 5) is 0. The Morgan fingerprint density at radius 3 is 1.35 bits per heavy atom. The lowest BCUT2D eigenvalue weighted by molar-refractivity contribution is 0.669. The van der Waals surface area contributed by atoms with Crippen LogP contribution in [0.5, 0.6) is 0 Å². The largest absolute Gasteiger partial charge is 0.455 e. The summed E-state index contributed by atoms with van der Waals surface area (Å²) in [5, 5.41) is 14.4. The van der Waals surface area contributed by atoms with E-state index < -0.39 is 0 Å². The molecule has 0 unspecified atom stereocenters. The maximum absolute atomic E-state index is 10.0. The normalized spacial score (nSPS) is 11.4. The van der Waals surface area contributed by atoms with E-state index in [9.17, 15) is 5.26 Å². The van der Waals surface area contributed by atoms with E-state index in [1.54, 1.807) is 0 Å². The molecule has 0 amide bonds. The number of hydrogen-bond acceptors (Lipinski definition) is 3. The van der Waals surface area contributed by atoms with Crippen molar-refractivity contribution >= 4 is 43.9 Å². The maximum atomic E-state index is 10.0. The lowest BCUT2D eigenvalue weighted by Gasteiger charge is -2.11. The van der Waals surface area contributed by atoms with Crippen LogP contribution in [0.3, 0.4) is 0 Å². The van der Waals surface area contributed by atoms with Gasteiger partial charge in [0, 0.05) is 32.7 Å². The molecule has 242 valence electrons. The first kappa shape index (κ1) is 29.7. The number of nitriles is 1. The molecule has 3 heteroatoms. The average molecular weight is 664 g/mol. The molecule has 0 atom stereocenters. The highest BCUT2D eigenvalue weighted by atomic mass is 16.3. The van der Waals surface area contributed by atoms with Crippen molar-refractivity contribution in [3.63, 3.8) is 0 Å². The third-order valence-corrected chi connectivity index (χ3v) is 10.1. The lowest BCUT2D eigenvalue weighted by Crippen LogP contribution is -1.87. The van der Waals surface area contributed by atoms with Gasteiger partial charge >= 0.3 is 0 Å². The Hall–Kier alpha value is -7.15. The minimum absolute atomic E-state index is 0.608. The van der Waals surface area contributed by atoms with Gasteiger partial charge in [0.15, 0.2) is 0 Å². The highest BCUT2D eigenvalue weighted by Gasteiger charge is 2.15. The fraction of sp³-hybridized carbons (Fsp3) is 0. The monoisotopic (exact) mass is 663 g/mol. The van der Waals surface area contributed by atoms with Gasteiger partial charge in [-0.1, -0.05) is 133 Å². The highest BCUT2D eigenvalue weighted by molar-refractivity contribution is 6.10. The fourth-order valence-corrected chi connectivity index (χ4v) is 7.56. The van der Waals surface area contributed by atoms with Gasteiger partial charge in [0.05, 0.1) is 11.6 Å². The fourth-order valence-electron chi connectivity index (χ4n) is 7.56. The standard InChI is InChI=1S/C49H29NO2/c50-30-31-25-38(29-39(26-31)41-16-8-18-45-43-14-2-4-20-47(43)52-49(41)45)33-23-21-32(22-24-33)34-9-5-10-35(27-34)36-11-6-12-37(28-36)40-15-7-17-44-42-13-1-3-19-46(42)51-48(40)44/h1-29H. The molecule has 0 radical (unpaired) electrons. The summed E-state index contributed by atoms with van der Waals surface area (Å²) >= 11 is 0. The molecule has 0 N–H and O–H groups in total. The molecule has 0 spiro atoms. The van der Waals surface area contributed by atoms with Gasteiger partial charge in [0.2, 0.25) is 0 Å². The van der Waals surface area contributed by atoms with Crippen molar-refractivity contribution in [3.8, 4) is 61.7 Å². The van der Waals surface area contributed by atoms with Crippen LogP contribution in [-0.2, 0) is 0 Å². The van der Waals surface area contributed by atoms with Crippen LogP contribution < -0.4 is 0 Å². The van der Waals surface area contributed by atoms with E-state index in [0.717, 1.165) is 99.5 Å². The smallest absolute Gasteiger partial charge is 0.143 e. The second-order valence-corrected chi connectivity index (χ2v) is 13.2. The molecule has 2 heterocycles. The summed E-state index contributed by atoms with van der Waals surface area (Å²) in [5.74, 6) is 0. The van der Waals surface area contributed by atoms with Crippen molar-refractivity contribution in [2.45, 2.75) is 0 Å². The van der Waals surface area contributed by atoms with Crippen LogP contribution in [0.2, 0.25) is 0 Å². The molecule has 8 aromatic carbocycles. The average Bonchev–Trinajstić information content (AvgIpc) is 3.80. The molecule has 0 fully saturated rings. The van der Waals surface area contributed by atoms with Crippen LogP contribution in [-0.4, -0.2) is 0 Å². The number of hydrogen-bond donors (Lipinski definition) is 0. The number of nitrogens with zero attached hydrogens (tertiary/aromatic N) is 1. The van der Waals surface area contributed by atoms with Crippen molar-refractivity contribution in [2.24, 2.45) is 0 Å². The Bertz CT molecular complexity index is 3030. The summed E-state index contributed by atoms with van der Waals surface area (Å²) < 4.78 is 12.7. The van der Waals surface area contributed by atoms with Crippen LogP contribution >= 0.6 is 0 Å². The van der Waals surface area contributed by atoms with Crippen LogP contribution in [0.15, 0.2) is 185 Å². The third-order valence-electron chi connectivity index (χ3n) is 10.1. The van der Waals surface area contributed by atoms with Gasteiger partial charge < -0.3 is 8.83 Å². The number of benzene rings is 8. The van der Waals surface area contributed by atoms with Gasteiger partial charge in [0.25, 0.3) is 0 Å². The molecule has 0 aliphatic carbocycles. The first-order valence-corrected chi connectivity index (χ1v) is 17.4. The first-order chi connectivity index (χ1) is 25.7. The molecule has 0 saturated carbocycles. The number of rotatable bonds is 5. The molecule has 0 aliphatic heterocycles. The number of fused-ring (bicyclic) bond motifs is 6. The molecule has 3 nitrogen and oxygen atoms in total. The Balaban J connectivity index is 0.980. The quantitative estimate of drug-likeness (QED) is 0.184. The van der Waals surface area contributed by atoms with Crippen molar-refractivity contribution < 1.29 is 8.83 Å². The van der Waals surface area contributed by atoms with E-state index in [-0.39, 0.29) is 0 Å². The molecule has 52 heavy (non-hydrogen) atoms. The summed E-state index contributed by atoms with van der Waals surface area (Å²) in [6.07, 6.45) is 0. The summed E-state index contributed by atoms with van der Waals surface area (Å²) in [6.45, 7) is 0. The van der Waals surface area contributed by atoms with Crippen molar-refractivity contribution in [2.75, 3.05) is 0 Å². The Morgan fingerprint density at radius 1 is 0.327 bits per heavy atom. The summed E-state index contributed by atoms with van der Waals surface area (Å²) in [7, 11) is 0. The van der Waals surface area contributed by atoms with Gasteiger partial charge in [-0.05, 0) is 87.0 Å². The van der Waals surface area contributed by atoms with Crippen LogP contribution in [0.25, 0.3) is 99.5 Å². The second kappa shape index (κ2) is 12.0. The second-order valence-electron chi connectivity index (χ2n) is 13.2. The van der Waals surface area contributed by atoms with Gasteiger partial charge in [-0.2, -0.15) is 5.26 Å². The minimum atomic E-state index is 0.608. The van der Waals surface area contributed by atoms with Gasteiger partial charge in [0.1, 0.15) is 22.3 Å². The van der Waals surface area contributed by atoms with E-state index in [4.69, 9.17) is 8.83 Å². The van der Waals surface area contributed by atoms with Crippen LogP contribution in [0, 0.1) is 11.3 Å². The lowest BCUT2D eigenvalue weighted by atomic mass is 9.93. The molecular weight excluding hydrogens is 635 g/mol. The molecule has 0 bridgehead atoms. The molecule has 0 saturated heterocycles. The van der Waals surface area contributed by atoms with Crippen molar-refractivity contribution in [1.29, 1.82) is 5.26 Å². The van der Waals surface area contributed by atoms with Gasteiger partial charge in [-0.25, -0.2) is 0 Å². The van der Waals surface area contributed by atoms with Gasteiger partial charge in [-0.15, -0.1) is 0 Å². The summed E-state index contributed by atoms with van der Waals surface area (Å²) in [5.41, 5.74) is 14.8. The molecular formula is C49H29NO2. The maximum Gasteiger partial charge on any atom is 0.143 e. The van der Waals surface area contributed by atoms with E-state index in [1.807, 2.05) is 42.5 Å². The van der Waals surface area contributed by atoms with Crippen molar-refractivity contribution in [1.82, 2.24) is 0 Å². The Morgan fingerprint density at radius 2 is 0.750 bits per heavy atom. The molecule has 2 aromatic heterocycles. The van der Waals surface area contributed by atoms with E-state index in [1.165, 1.54) is 0 Å². The predicted molar refractivity (Wildman–Crippen MR) is 213 cm³/mol. The van der Waals surface area contributed by atoms with Crippen LogP contribution in [0.4, 0.5) is 0 Å². The molecule has 10 aromatic rings. The van der Waals surface area contributed by atoms with E-state index in [2.05, 4.69) is 140 Å². The highest BCUT2D eigenvalue weighted by Crippen LogP contribution is 2.39. The summed E-state index contributed by atoms with van der Waals surface area (Å²) in [6, 6.07) is 63.3. The topological polar surface area (TPSA) is 50.1 Å². The third kappa shape index (κ3) is 4.97.